The van der Waals surface area contributed by atoms with E-state index in [1.54, 1.807) is 7.11 Å². The van der Waals surface area contributed by atoms with E-state index in [1.807, 2.05) is 25.1 Å². The van der Waals surface area contributed by atoms with Crippen molar-refractivity contribution in [3.63, 3.8) is 0 Å². The van der Waals surface area contributed by atoms with Crippen molar-refractivity contribution >= 4 is 11.6 Å². The Morgan fingerprint density at radius 2 is 2.35 bits per heavy atom. The van der Waals surface area contributed by atoms with Crippen LogP contribution in [0.3, 0.4) is 0 Å². The average molecular weight is 235 g/mol. The Morgan fingerprint density at radius 3 is 3.00 bits per heavy atom. The van der Waals surface area contributed by atoms with Gasteiger partial charge in [-0.25, -0.2) is 0 Å². The summed E-state index contributed by atoms with van der Waals surface area (Å²) in [7, 11) is 1.59. The highest BCUT2D eigenvalue weighted by Crippen LogP contribution is 2.26. The molecule has 1 aromatic carbocycles. The molecule has 0 bridgehead atoms. The standard InChI is InChI=1S/C13H17NO3/c1-9-5-6-10(12(8-9)16-2)14-13(15)11-4-3-7-17-11/h5-6,8,11H,3-4,7H2,1-2H3,(H,14,15). The average Bonchev–Trinajstić information content (AvgIpc) is 2.85. The minimum atomic E-state index is -0.319. The van der Waals surface area contributed by atoms with Crippen molar-refractivity contribution in [2.24, 2.45) is 0 Å². The molecular weight excluding hydrogens is 218 g/mol. The summed E-state index contributed by atoms with van der Waals surface area (Å²) in [5, 5.41) is 2.84. The van der Waals surface area contributed by atoms with Crippen LogP contribution in [0.1, 0.15) is 18.4 Å². The Morgan fingerprint density at radius 1 is 1.53 bits per heavy atom. The van der Waals surface area contributed by atoms with Gasteiger partial charge in [0, 0.05) is 6.61 Å². The second-order valence-electron chi connectivity index (χ2n) is 4.19. The second kappa shape index (κ2) is 5.19. The molecule has 0 aromatic heterocycles. The minimum Gasteiger partial charge on any atom is -0.495 e. The van der Waals surface area contributed by atoms with Crippen LogP contribution in [0.2, 0.25) is 0 Å². The van der Waals surface area contributed by atoms with Crippen LogP contribution < -0.4 is 10.1 Å². The molecule has 1 atom stereocenters. The lowest BCUT2D eigenvalue weighted by Gasteiger charge is -2.13. The van der Waals surface area contributed by atoms with Gasteiger partial charge in [-0.3, -0.25) is 4.79 Å². The fourth-order valence-electron chi connectivity index (χ4n) is 1.90. The molecule has 1 heterocycles. The molecule has 1 aliphatic heterocycles. The van der Waals surface area contributed by atoms with Gasteiger partial charge < -0.3 is 14.8 Å². The number of nitrogens with one attached hydrogen (secondary N) is 1. The van der Waals surface area contributed by atoms with Gasteiger partial charge in [-0.05, 0) is 37.5 Å². The van der Waals surface area contributed by atoms with Crippen molar-refractivity contribution in [2.75, 3.05) is 19.0 Å². The van der Waals surface area contributed by atoms with Crippen molar-refractivity contribution in [1.82, 2.24) is 0 Å². The first kappa shape index (κ1) is 11.9. The van der Waals surface area contributed by atoms with E-state index < -0.39 is 0 Å². The van der Waals surface area contributed by atoms with Gasteiger partial charge >= 0.3 is 0 Å². The van der Waals surface area contributed by atoms with Crippen LogP contribution >= 0.6 is 0 Å². The van der Waals surface area contributed by atoms with Crippen LogP contribution in [0.15, 0.2) is 18.2 Å². The number of benzene rings is 1. The zero-order chi connectivity index (χ0) is 12.3. The molecule has 1 saturated heterocycles. The fourth-order valence-corrected chi connectivity index (χ4v) is 1.90. The first-order chi connectivity index (χ1) is 8.20. The molecule has 1 unspecified atom stereocenters. The van der Waals surface area contributed by atoms with E-state index in [0.717, 1.165) is 18.4 Å². The van der Waals surface area contributed by atoms with E-state index in [0.29, 0.717) is 18.0 Å². The Balaban J connectivity index is 2.09. The molecule has 0 saturated carbocycles. The van der Waals surface area contributed by atoms with Crippen LogP contribution in [0.5, 0.6) is 5.75 Å². The van der Waals surface area contributed by atoms with Crippen LogP contribution in [0, 0.1) is 6.92 Å². The number of amides is 1. The third kappa shape index (κ3) is 2.77. The molecule has 1 aromatic rings. The molecule has 4 nitrogen and oxygen atoms in total. The second-order valence-corrected chi connectivity index (χ2v) is 4.19. The SMILES string of the molecule is COc1cc(C)ccc1NC(=O)C1CCCO1. The summed E-state index contributed by atoms with van der Waals surface area (Å²) in [6.45, 7) is 2.65. The molecule has 17 heavy (non-hydrogen) atoms. The smallest absolute Gasteiger partial charge is 0.253 e. The summed E-state index contributed by atoms with van der Waals surface area (Å²) < 4.78 is 10.6. The predicted octanol–water partition coefficient (Wildman–Crippen LogP) is 2.12. The Bertz CT molecular complexity index is 411. The highest BCUT2D eigenvalue weighted by Gasteiger charge is 2.24. The summed E-state index contributed by atoms with van der Waals surface area (Å²) in [5.74, 6) is 0.584. The molecule has 1 aliphatic rings. The number of rotatable bonds is 3. The maximum Gasteiger partial charge on any atom is 0.253 e. The zero-order valence-corrected chi connectivity index (χ0v) is 10.2. The third-order valence-electron chi connectivity index (χ3n) is 2.84. The van der Waals surface area contributed by atoms with Gasteiger partial charge in [-0.1, -0.05) is 6.07 Å². The van der Waals surface area contributed by atoms with Gasteiger partial charge in [0.1, 0.15) is 11.9 Å². The van der Waals surface area contributed by atoms with E-state index in [1.165, 1.54) is 0 Å². The minimum absolute atomic E-state index is 0.0929. The van der Waals surface area contributed by atoms with Gasteiger partial charge in [0.15, 0.2) is 0 Å². The van der Waals surface area contributed by atoms with Crippen molar-refractivity contribution < 1.29 is 14.3 Å². The molecule has 92 valence electrons. The highest BCUT2D eigenvalue weighted by molar-refractivity contribution is 5.95. The van der Waals surface area contributed by atoms with E-state index in [2.05, 4.69) is 5.32 Å². The fraction of sp³-hybridized carbons (Fsp3) is 0.462. The number of hydrogen-bond donors (Lipinski definition) is 1. The lowest BCUT2D eigenvalue weighted by atomic mass is 10.2. The monoisotopic (exact) mass is 235 g/mol. The largest absolute Gasteiger partial charge is 0.495 e. The van der Waals surface area contributed by atoms with Crippen molar-refractivity contribution in [3.8, 4) is 5.75 Å². The number of carbonyl (C=O) groups is 1. The quantitative estimate of drug-likeness (QED) is 0.873. The molecule has 0 aliphatic carbocycles. The Labute approximate surface area is 101 Å². The van der Waals surface area contributed by atoms with Crippen LogP contribution in [-0.4, -0.2) is 25.7 Å². The first-order valence-corrected chi connectivity index (χ1v) is 5.78. The third-order valence-corrected chi connectivity index (χ3v) is 2.84. The lowest BCUT2D eigenvalue weighted by Crippen LogP contribution is -2.27. The van der Waals surface area contributed by atoms with E-state index in [9.17, 15) is 4.79 Å². The summed E-state index contributed by atoms with van der Waals surface area (Å²) in [4.78, 5) is 11.9. The van der Waals surface area contributed by atoms with Crippen LogP contribution in [-0.2, 0) is 9.53 Å². The highest BCUT2D eigenvalue weighted by atomic mass is 16.5. The van der Waals surface area contributed by atoms with Gasteiger partial charge in [0.05, 0.1) is 12.8 Å². The summed E-state index contributed by atoms with van der Waals surface area (Å²) in [6, 6.07) is 5.68. The van der Waals surface area contributed by atoms with E-state index >= 15 is 0 Å². The molecule has 4 heteroatoms. The van der Waals surface area contributed by atoms with Crippen molar-refractivity contribution in [2.45, 2.75) is 25.9 Å². The lowest BCUT2D eigenvalue weighted by molar-refractivity contribution is -0.124. The first-order valence-electron chi connectivity index (χ1n) is 5.78. The summed E-state index contributed by atoms with van der Waals surface area (Å²) in [5.41, 5.74) is 1.79. The zero-order valence-electron chi connectivity index (χ0n) is 10.2. The molecular formula is C13H17NO3. The Hall–Kier alpha value is -1.55. The van der Waals surface area contributed by atoms with E-state index in [4.69, 9.17) is 9.47 Å². The predicted molar refractivity (Wildman–Crippen MR) is 65.3 cm³/mol. The van der Waals surface area contributed by atoms with Crippen molar-refractivity contribution in [3.05, 3.63) is 23.8 Å². The van der Waals surface area contributed by atoms with Gasteiger partial charge in [0.2, 0.25) is 0 Å². The maximum atomic E-state index is 11.9. The number of aryl methyl sites for hydroxylation is 1. The Kier molecular flexibility index (Phi) is 3.64. The normalized spacial score (nSPS) is 19.1. The topological polar surface area (TPSA) is 47.6 Å². The molecule has 0 radical (unpaired) electrons. The molecule has 2 rings (SSSR count). The summed E-state index contributed by atoms with van der Waals surface area (Å²) in [6.07, 6.45) is 1.42. The van der Waals surface area contributed by atoms with Gasteiger partial charge in [0.25, 0.3) is 5.91 Å². The maximum absolute atomic E-state index is 11.9. The molecule has 1 N–H and O–H groups in total. The molecule has 1 fully saturated rings. The number of carbonyl (C=O) groups excluding carboxylic acids is 1. The number of ether oxygens (including phenoxy) is 2. The molecule has 1 amide bonds. The van der Waals surface area contributed by atoms with Crippen molar-refractivity contribution in [1.29, 1.82) is 0 Å². The number of hydrogen-bond acceptors (Lipinski definition) is 3. The van der Waals surface area contributed by atoms with Crippen LogP contribution in [0.25, 0.3) is 0 Å². The number of anilines is 1. The van der Waals surface area contributed by atoms with Crippen LogP contribution in [0.4, 0.5) is 5.69 Å². The van der Waals surface area contributed by atoms with E-state index in [-0.39, 0.29) is 12.0 Å². The summed E-state index contributed by atoms with van der Waals surface area (Å²) >= 11 is 0. The van der Waals surface area contributed by atoms with Gasteiger partial charge in [-0.15, -0.1) is 0 Å². The molecule has 0 spiro atoms. The van der Waals surface area contributed by atoms with Gasteiger partial charge in [-0.2, -0.15) is 0 Å². The number of methoxy groups -OCH3 is 1.